The zero-order valence-electron chi connectivity index (χ0n) is 13.5. The number of carbonyl (C=O) groups excluding carboxylic acids is 1. The van der Waals surface area contributed by atoms with Gasteiger partial charge < -0.3 is 15.2 Å². The van der Waals surface area contributed by atoms with Crippen LogP contribution in [0.25, 0.3) is 0 Å². The van der Waals surface area contributed by atoms with E-state index in [0.717, 1.165) is 12.0 Å². The highest BCUT2D eigenvalue weighted by molar-refractivity contribution is 6.39. The third-order valence-electron chi connectivity index (χ3n) is 3.49. The van der Waals surface area contributed by atoms with Gasteiger partial charge >= 0.3 is 11.9 Å². The molecule has 2 aromatic carbocycles. The molecule has 0 aliphatic carbocycles. The van der Waals surface area contributed by atoms with Gasteiger partial charge in [0.15, 0.2) is 6.61 Å². The first-order valence-electron chi connectivity index (χ1n) is 7.61. The Bertz CT molecular complexity index is 772. The number of halogens is 2. The van der Waals surface area contributed by atoms with Crippen LogP contribution < -0.4 is 5.32 Å². The monoisotopic (exact) mass is 381 g/mol. The van der Waals surface area contributed by atoms with E-state index in [2.05, 4.69) is 5.32 Å². The van der Waals surface area contributed by atoms with Gasteiger partial charge in [-0.25, -0.2) is 4.79 Å². The number of aryl methyl sites for hydroxylation is 1. The second kappa shape index (κ2) is 8.74. The number of aliphatic carboxylic acids is 1. The van der Waals surface area contributed by atoms with E-state index in [4.69, 9.17) is 33.0 Å². The van der Waals surface area contributed by atoms with Gasteiger partial charge in [-0.1, -0.05) is 48.3 Å². The number of ether oxygens (including phenoxy) is 1. The maximum Gasteiger partial charge on any atom is 0.341 e. The molecular formula is C18H17Cl2NO4. The van der Waals surface area contributed by atoms with Crippen LogP contribution >= 0.6 is 23.2 Å². The summed E-state index contributed by atoms with van der Waals surface area (Å²) in [6.45, 7) is 1.34. The lowest BCUT2D eigenvalue weighted by atomic mass is 10.0. The Morgan fingerprint density at radius 2 is 1.84 bits per heavy atom. The molecule has 25 heavy (non-hydrogen) atoms. The van der Waals surface area contributed by atoms with Crippen LogP contribution in [-0.2, 0) is 27.2 Å². The molecule has 0 aromatic heterocycles. The third-order valence-corrected chi connectivity index (χ3v) is 4.12. The van der Waals surface area contributed by atoms with E-state index in [0.29, 0.717) is 27.0 Å². The van der Waals surface area contributed by atoms with E-state index < -0.39 is 18.5 Å². The number of hydrogen-bond acceptors (Lipinski definition) is 4. The largest absolute Gasteiger partial charge is 0.479 e. The first-order valence-corrected chi connectivity index (χ1v) is 8.36. The van der Waals surface area contributed by atoms with Gasteiger partial charge in [-0.05, 0) is 35.7 Å². The lowest BCUT2D eigenvalue weighted by molar-refractivity contribution is -0.154. The number of carboxylic acid groups (broad SMARTS) is 1. The lowest BCUT2D eigenvalue weighted by Crippen LogP contribution is -2.15. The maximum absolute atomic E-state index is 11.9. The number of anilines is 2. The minimum atomic E-state index is -1.20. The zero-order valence-corrected chi connectivity index (χ0v) is 15.0. The van der Waals surface area contributed by atoms with Crippen LogP contribution in [0.5, 0.6) is 0 Å². The van der Waals surface area contributed by atoms with Crippen molar-refractivity contribution in [3.8, 4) is 0 Å². The molecule has 2 N–H and O–H groups in total. The number of rotatable bonds is 7. The molecule has 0 heterocycles. The Morgan fingerprint density at radius 3 is 2.44 bits per heavy atom. The molecule has 0 aliphatic rings. The number of esters is 1. The summed E-state index contributed by atoms with van der Waals surface area (Å²) in [5.41, 5.74) is 2.90. The van der Waals surface area contributed by atoms with Crippen LogP contribution in [-0.4, -0.2) is 23.7 Å². The van der Waals surface area contributed by atoms with Crippen LogP contribution in [0.4, 0.5) is 11.4 Å². The Morgan fingerprint density at radius 1 is 1.16 bits per heavy atom. The SMILES string of the molecule is CCc1ccc(Nc2c(Cl)cccc2Cl)c(CC(=O)OCC(=O)O)c1. The van der Waals surface area contributed by atoms with Crippen molar-refractivity contribution in [3.05, 3.63) is 57.6 Å². The third kappa shape index (κ3) is 5.37. The molecular weight excluding hydrogens is 365 g/mol. The summed E-state index contributed by atoms with van der Waals surface area (Å²) >= 11 is 12.4. The number of nitrogens with one attached hydrogen (secondary N) is 1. The standard InChI is InChI=1S/C18H17Cl2NO4/c1-2-11-6-7-15(21-18-13(19)4-3-5-14(18)20)12(8-11)9-17(24)25-10-16(22)23/h3-8,21H,2,9-10H2,1H3,(H,22,23). The summed E-state index contributed by atoms with van der Waals surface area (Å²) in [6, 6.07) is 10.8. The van der Waals surface area contributed by atoms with Crippen molar-refractivity contribution in [1.29, 1.82) is 0 Å². The van der Waals surface area contributed by atoms with Gasteiger partial charge in [-0.2, -0.15) is 0 Å². The lowest BCUT2D eigenvalue weighted by Gasteiger charge is -2.15. The molecule has 5 nitrogen and oxygen atoms in total. The van der Waals surface area contributed by atoms with E-state index in [-0.39, 0.29) is 6.42 Å². The predicted molar refractivity (Wildman–Crippen MR) is 97.9 cm³/mol. The van der Waals surface area contributed by atoms with Gasteiger partial charge in [0.1, 0.15) is 0 Å². The molecule has 0 saturated carbocycles. The first kappa shape index (κ1) is 19.1. The Hall–Kier alpha value is -2.24. The normalized spacial score (nSPS) is 10.4. The summed E-state index contributed by atoms with van der Waals surface area (Å²) in [4.78, 5) is 22.4. The predicted octanol–water partition coefficient (Wildman–Crippen LogP) is 4.47. The summed E-state index contributed by atoms with van der Waals surface area (Å²) in [6.07, 6.45) is 0.732. The molecule has 0 bridgehead atoms. The summed E-state index contributed by atoms with van der Waals surface area (Å²) in [5, 5.41) is 12.6. The van der Waals surface area contributed by atoms with Crippen molar-refractivity contribution in [2.45, 2.75) is 19.8 Å². The number of carbonyl (C=O) groups is 2. The molecule has 2 aromatic rings. The van der Waals surface area contributed by atoms with Crippen molar-refractivity contribution in [3.63, 3.8) is 0 Å². The molecule has 132 valence electrons. The van der Waals surface area contributed by atoms with Crippen molar-refractivity contribution < 1.29 is 19.4 Å². The molecule has 7 heteroatoms. The highest BCUT2D eigenvalue weighted by Crippen LogP contribution is 2.34. The van der Waals surface area contributed by atoms with E-state index >= 15 is 0 Å². The fourth-order valence-corrected chi connectivity index (χ4v) is 2.73. The van der Waals surface area contributed by atoms with Gasteiger partial charge in [-0.3, -0.25) is 4.79 Å². The van der Waals surface area contributed by atoms with Gasteiger partial charge in [0.05, 0.1) is 22.2 Å². The van der Waals surface area contributed by atoms with Crippen LogP contribution in [0.3, 0.4) is 0 Å². The fourth-order valence-electron chi connectivity index (χ4n) is 2.24. The van der Waals surface area contributed by atoms with Gasteiger partial charge in [-0.15, -0.1) is 0 Å². The highest BCUT2D eigenvalue weighted by atomic mass is 35.5. The van der Waals surface area contributed by atoms with Crippen molar-refractivity contribution in [2.24, 2.45) is 0 Å². The minimum absolute atomic E-state index is 0.0640. The number of carboxylic acids is 1. The summed E-state index contributed by atoms with van der Waals surface area (Å²) < 4.78 is 4.72. The van der Waals surface area contributed by atoms with Gasteiger partial charge in [0, 0.05) is 5.69 Å². The van der Waals surface area contributed by atoms with Crippen molar-refractivity contribution >= 4 is 46.5 Å². The maximum atomic E-state index is 11.9. The van der Waals surface area contributed by atoms with E-state index in [9.17, 15) is 9.59 Å². The van der Waals surface area contributed by atoms with Gasteiger partial charge in [0.2, 0.25) is 0 Å². The second-order valence-electron chi connectivity index (χ2n) is 5.30. The smallest absolute Gasteiger partial charge is 0.341 e. The molecule has 0 atom stereocenters. The molecule has 0 radical (unpaired) electrons. The summed E-state index contributed by atoms with van der Waals surface area (Å²) in [5.74, 6) is -1.82. The second-order valence-corrected chi connectivity index (χ2v) is 6.11. The van der Waals surface area contributed by atoms with Crippen molar-refractivity contribution in [2.75, 3.05) is 11.9 Å². The number of hydrogen-bond donors (Lipinski definition) is 2. The first-order chi connectivity index (χ1) is 11.9. The van der Waals surface area contributed by atoms with E-state index in [1.165, 1.54) is 0 Å². The Kier molecular flexibility index (Phi) is 6.67. The molecule has 0 aliphatic heterocycles. The molecule has 0 amide bonds. The average molecular weight is 382 g/mol. The van der Waals surface area contributed by atoms with Crippen LogP contribution in [0.1, 0.15) is 18.1 Å². The van der Waals surface area contributed by atoms with Crippen LogP contribution in [0, 0.1) is 0 Å². The van der Waals surface area contributed by atoms with Crippen LogP contribution in [0.15, 0.2) is 36.4 Å². The molecule has 0 fully saturated rings. The van der Waals surface area contributed by atoms with Gasteiger partial charge in [0.25, 0.3) is 0 Å². The Labute approximate surface area is 155 Å². The fraction of sp³-hybridized carbons (Fsp3) is 0.222. The van der Waals surface area contributed by atoms with Crippen LogP contribution in [0.2, 0.25) is 10.0 Å². The topological polar surface area (TPSA) is 75.6 Å². The average Bonchev–Trinajstić information content (AvgIpc) is 2.57. The van der Waals surface area contributed by atoms with Crippen molar-refractivity contribution in [1.82, 2.24) is 0 Å². The molecule has 0 saturated heterocycles. The number of benzene rings is 2. The molecule has 0 spiro atoms. The summed E-state index contributed by atoms with van der Waals surface area (Å²) in [7, 11) is 0. The zero-order chi connectivity index (χ0) is 18.4. The van der Waals surface area contributed by atoms with E-state index in [1.54, 1.807) is 18.2 Å². The highest BCUT2D eigenvalue weighted by Gasteiger charge is 2.14. The molecule has 2 rings (SSSR count). The number of para-hydroxylation sites is 1. The Balaban J connectivity index is 2.28. The molecule has 0 unspecified atom stereocenters. The van der Waals surface area contributed by atoms with E-state index in [1.807, 2.05) is 25.1 Å². The quantitative estimate of drug-likeness (QED) is 0.691. The minimum Gasteiger partial charge on any atom is -0.479 e.